The summed E-state index contributed by atoms with van der Waals surface area (Å²) in [5, 5.41) is 3.10. The van der Waals surface area contributed by atoms with Crippen molar-refractivity contribution in [3.05, 3.63) is 29.0 Å². The molecule has 1 fully saturated rings. The highest BCUT2D eigenvalue weighted by Crippen LogP contribution is 2.26. The van der Waals surface area contributed by atoms with E-state index < -0.39 is 11.9 Å². The van der Waals surface area contributed by atoms with Gasteiger partial charge >= 0.3 is 0 Å². The van der Waals surface area contributed by atoms with Gasteiger partial charge in [-0.2, -0.15) is 0 Å². The second-order valence-electron chi connectivity index (χ2n) is 4.88. The predicted octanol–water partition coefficient (Wildman–Crippen LogP) is 2.82. The first-order valence-corrected chi connectivity index (χ1v) is 6.89. The van der Waals surface area contributed by atoms with Crippen molar-refractivity contribution in [3.8, 4) is 0 Å². The predicted molar refractivity (Wildman–Crippen MR) is 75.0 cm³/mol. The molecule has 1 N–H and O–H groups in total. The van der Waals surface area contributed by atoms with E-state index in [4.69, 9.17) is 11.6 Å². The maximum absolute atomic E-state index is 13.0. The maximum atomic E-state index is 13.0. The largest absolute Gasteiger partial charge is 0.372 e. The highest BCUT2D eigenvalue weighted by Gasteiger charge is 2.40. The molecule has 0 aromatic heterocycles. The number of imide groups is 1. The summed E-state index contributed by atoms with van der Waals surface area (Å²) in [6.45, 7) is 3.76. The number of hydrogen-bond donors (Lipinski definition) is 1. The lowest BCUT2D eigenvalue weighted by Gasteiger charge is -2.22. The van der Waals surface area contributed by atoms with Crippen LogP contribution >= 0.6 is 11.6 Å². The third-order valence-electron chi connectivity index (χ3n) is 3.48. The molecular formula is C14H16ClFN2O2. The van der Waals surface area contributed by atoms with Crippen LogP contribution < -0.4 is 5.32 Å². The van der Waals surface area contributed by atoms with Crippen LogP contribution in [0.15, 0.2) is 18.2 Å². The van der Waals surface area contributed by atoms with Crippen LogP contribution in [0.3, 0.4) is 0 Å². The average molecular weight is 299 g/mol. The number of anilines is 1. The lowest BCUT2D eigenvalue weighted by atomic mass is 10.2. The lowest BCUT2D eigenvalue weighted by Crippen LogP contribution is -2.40. The van der Waals surface area contributed by atoms with Crippen molar-refractivity contribution in [2.24, 2.45) is 0 Å². The van der Waals surface area contributed by atoms with Crippen molar-refractivity contribution in [2.75, 3.05) is 5.32 Å². The molecule has 1 aliphatic heterocycles. The minimum atomic E-state index is -0.639. The summed E-state index contributed by atoms with van der Waals surface area (Å²) in [7, 11) is 0. The zero-order valence-corrected chi connectivity index (χ0v) is 12.1. The van der Waals surface area contributed by atoms with Crippen LogP contribution in [-0.2, 0) is 9.59 Å². The van der Waals surface area contributed by atoms with Crippen LogP contribution in [0, 0.1) is 5.82 Å². The normalized spacial score (nSPS) is 20.4. The minimum Gasteiger partial charge on any atom is -0.372 e. The molecule has 1 heterocycles. The minimum absolute atomic E-state index is 0.0941. The maximum Gasteiger partial charge on any atom is 0.252 e. The van der Waals surface area contributed by atoms with Crippen molar-refractivity contribution in [3.63, 3.8) is 0 Å². The van der Waals surface area contributed by atoms with E-state index in [-0.39, 0.29) is 29.3 Å². The van der Waals surface area contributed by atoms with Crippen molar-refractivity contribution >= 4 is 29.1 Å². The molecule has 0 saturated carbocycles. The quantitative estimate of drug-likeness (QED) is 0.870. The molecule has 108 valence electrons. The number of carbonyl (C=O) groups excluding carboxylic acids is 2. The van der Waals surface area contributed by atoms with E-state index in [0.717, 1.165) is 6.07 Å². The fourth-order valence-electron chi connectivity index (χ4n) is 2.20. The van der Waals surface area contributed by atoms with Gasteiger partial charge in [-0.05, 0) is 31.5 Å². The molecule has 20 heavy (non-hydrogen) atoms. The molecule has 1 aromatic rings. The SMILES string of the molecule is CCC(C)N1C(=O)CC(Nc2ccc(F)cc2Cl)C1=O. The number of nitrogens with zero attached hydrogens (tertiary/aromatic N) is 1. The number of nitrogens with one attached hydrogen (secondary N) is 1. The van der Waals surface area contributed by atoms with Crippen molar-refractivity contribution in [2.45, 2.75) is 38.8 Å². The highest BCUT2D eigenvalue weighted by molar-refractivity contribution is 6.33. The Kier molecular flexibility index (Phi) is 4.28. The summed E-state index contributed by atoms with van der Waals surface area (Å²) in [4.78, 5) is 25.4. The zero-order valence-electron chi connectivity index (χ0n) is 11.3. The molecule has 2 unspecified atom stereocenters. The number of amides is 2. The van der Waals surface area contributed by atoms with Gasteiger partial charge in [0.05, 0.1) is 17.1 Å². The first-order valence-electron chi connectivity index (χ1n) is 6.51. The van der Waals surface area contributed by atoms with Gasteiger partial charge in [-0.15, -0.1) is 0 Å². The molecule has 1 aliphatic rings. The number of hydrogen-bond acceptors (Lipinski definition) is 3. The first-order chi connectivity index (χ1) is 9.43. The average Bonchev–Trinajstić information content (AvgIpc) is 2.67. The molecule has 0 spiro atoms. The monoisotopic (exact) mass is 298 g/mol. The van der Waals surface area contributed by atoms with Gasteiger partial charge in [0.25, 0.3) is 5.91 Å². The number of carbonyl (C=O) groups is 2. The molecule has 0 bridgehead atoms. The standard InChI is InChI=1S/C14H16ClFN2O2/c1-3-8(2)18-13(19)7-12(14(18)20)17-11-5-4-9(16)6-10(11)15/h4-6,8,12,17H,3,7H2,1-2H3. The lowest BCUT2D eigenvalue weighted by molar-refractivity contribution is -0.140. The van der Waals surface area contributed by atoms with Crippen LogP contribution in [0.25, 0.3) is 0 Å². The molecule has 0 radical (unpaired) electrons. The fourth-order valence-corrected chi connectivity index (χ4v) is 2.43. The van der Waals surface area contributed by atoms with Gasteiger partial charge in [-0.3, -0.25) is 14.5 Å². The Morgan fingerprint density at radius 1 is 1.50 bits per heavy atom. The van der Waals surface area contributed by atoms with Gasteiger partial charge in [-0.1, -0.05) is 18.5 Å². The molecule has 4 nitrogen and oxygen atoms in total. The number of rotatable bonds is 4. The van der Waals surface area contributed by atoms with Crippen LogP contribution in [0.4, 0.5) is 10.1 Å². The van der Waals surface area contributed by atoms with E-state index in [9.17, 15) is 14.0 Å². The second kappa shape index (κ2) is 5.79. The third-order valence-corrected chi connectivity index (χ3v) is 3.79. The summed E-state index contributed by atoms with van der Waals surface area (Å²) >= 11 is 5.91. The Morgan fingerprint density at radius 2 is 2.20 bits per heavy atom. The summed E-state index contributed by atoms with van der Waals surface area (Å²) in [6, 6.07) is 3.12. The van der Waals surface area contributed by atoms with Crippen LogP contribution in [-0.4, -0.2) is 28.8 Å². The van der Waals surface area contributed by atoms with E-state index in [1.54, 1.807) is 0 Å². The Balaban J connectivity index is 2.15. The Hall–Kier alpha value is -1.62. The molecule has 1 saturated heterocycles. The van der Waals surface area contributed by atoms with Crippen LogP contribution in [0.1, 0.15) is 26.7 Å². The van der Waals surface area contributed by atoms with E-state index >= 15 is 0 Å². The van der Waals surface area contributed by atoms with E-state index in [0.29, 0.717) is 12.1 Å². The molecule has 0 aliphatic carbocycles. The van der Waals surface area contributed by atoms with Crippen LogP contribution in [0.2, 0.25) is 5.02 Å². The van der Waals surface area contributed by atoms with E-state index in [1.165, 1.54) is 17.0 Å². The van der Waals surface area contributed by atoms with Crippen molar-refractivity contribution < 1.29 is 14.0 Å². The number of benzene rings is 1. The summed E-state index contributed by atoms with van der Waals surface area (Å²) in [5.74, 6) is -0.902. The molecule has 6 heteroatoms. The Labute approximate surface area is 121 Å². The summed E-state index contributed by atoms with van der Waals surface area (Å²) < 4.78 is 13.0. The molecule has 2 amide bonds. The van der Waals surface area contributed by atoms with Gasteiger partial charge in [-0.25, -0.2) is 4.39 Å². The highest BCUT2D eigenvalue weighted by atomic mass is 35.5. The molecule has 1 aromatic carbocycles. The van der Waals surface area contributed by atoms with Gasteiger partial charge in [0.1, 0.15) is 11.9 Å². The van der Waals surface area contributed by atoms with E-state index in [2.05, 4.69) is 5.32 Å². The smallest absolute Gasteiger partial charge is 0.252 e. The Bertz CT molecular complexity index is 550. The van der Waals surface area contributed by atoms with Gasteiger partial charge < -0.3 is 5.32 Å². The number of likely N-dealkylation sites (tertiary alicyclic amines) is 1. The fraction of sp³-hybridized carbons (Fsp3) is 0.429. The van der Waals surface area contributed by atoms with E-state index in [1.807, 2.05) is 13.8 Å². The molecule has 2 rings (SSSR count). The topological polar surface area (TPSA) is 49.4 Å². The third kappa shape index (κ3) is 2.77. The zero-order chi connectivity index (χ0) is 14.9. The van der Waals surface area contributed by atoms with Gasteiger partial charge in [0.2, 0.25) is 5.91 Å². The summed E-state index contributed by atoms with van der Waals surface area (Å²) in [6.07, 6.45) is 0.804. The Morgan fingerprint density at radius 3 is 2.80 bits per heavy atom. The second-order valence-corrected chi connectivity index (χ2v) is 5.29. The van der Waals surface area contributed by atoms with Gasteiger partial charge in [0, 0.05) is 6.04 Å². The molecular weight excluding hydrogens is 283 g/mol. The first kappa shape index (κ1) is 14.8. The van der Waals surface area contributed by atoms with Gasteiger partial charge in [0.15, 0.2) is 0 Å². The van der Waals surface area contributed by atoms with Crippen molar-refractivity contribution in [1.29, 1.82) is 0 Å². The van der Waals surface area contributed by atoms with Crippen molar-refractivity contribution in [1.82, 2.24) is 4.90 Å². The molecule has 2 atom stereocenters. The van der Waals surface area contributed by atoms with Crippen LogP contribution in [0.5, 0.6) is 0 Å². The summed E-state index contributed by atoms with van der Waals surface area (Å²) in [5.41, 5.74) is 0.449. The number of halogens is 2.